The van der Waals surface area contributed by atoms with Crippen LogP contribution in [0.5, 0.6) is 11.5 Å². The highest BCUT2D eigenvalue weighted by Crippen LogP contribution is 2.37. The monoisotopic (exact) mass is 714 g/mol. The Morgan fingerprint density at radius 2 is 1.30 bits per heavy atom. The smallest absolute Gasteiger partial charge is 0.272 e. The third-order valence-electron chi connectivity index (χ3n) is 8.24. The predicted molar refractivity (Wildman–Crippen MR) is 212 cm³/mol. The Hall–Kier alpha value is -6.84. The van der Waals surface area contributed by atoms with Gasteiger partial charge in [0.1, 0.15) is 22.4 Å². The van der Waals surface area contributed by atoms with E-state index in [1.807, 2.05) is 121 Å². The summed E-state index contributed by atoms with van der Waals surface area (Å²) in [5, 5.41) is 9.10. The van der Waals surface area contributed by atoms with Gasteiger partial charge in [0.15, 0.2) is 0 Å². The van der Waals surface area contributed by atoms with Gasteiger partial charge in [-0.25, -0.2) is 0 Å². The molecule has 0 bridgehead atoms. The largest absolute Gasteiger partial charge is 0.457 e. The molecule has 3 amide bonds. The number of hydrogen-bond acceptors (Lipinski definition) is 5. The van der Waals surface area contributed by atoms with E-state index < -0.39 is 17.1 Å². The van der Waals surface area contributed by atoms with Crippen molar-refractivity contribution in [3.05, 3.63) is 192 Å². The number of benzene rings is 6. The van der Waals surface area contributed by atoms with Crippen molar-refractivity contribution in [2.75, 3.05) is 10.6 Å². The Morgan fingerprint density at radius 1 is 0.642 bits per heavy atom. The number of H-pyrrole nitrogens is 1. The zero-order valence-electron chi connectivity index (χ0n) is 28.4. The lowest BCUT2D eigenvalue weighted by molar-refractivity contribution is -0.116. The van der Waals surface area contributed by atoms with Crippen molar-refractivity contribution in [2.24, 2.45) is 0 Å². The molecule has 4 N–H and O–H groups in total. The van der Waals surface area contributed by atoms with Crippen LogP contribution in [0.1, 0.15) is 26.7 Å². The number of hydrogen-bond donors (Lipinski definition) is 4. The van der Waals surface area contributed by atoms with E-state index in [0.29, 0.717) is 22.7 Å². The summed E-state index contributed by atoms with van der Waals surface area (Å²) in [4.78, 5) is 44.9. The van der Waals surface area contributed by atoms with E-state index in [-0.39, 0.29) is 11.6 Å². The molecule has 0 radical (unpaired) electrons. The Kier molecular flexibility index (Phi) is 10.7. The van der Waals surface area contributed by atoms with E-state index in [2.05, 4.69) is 20.9 Å². The van der Waals surface area contributed by atoms with Gasteiger partial charge in [-0.3, -0.25) is 14.4 Å². The van der Waals surface area contributed by atoms with Crippen LogP contribution in [0.3, 0.4) is 0 Å². The highest BCUT2D eigenvalue weighted by molar-refractivity contribution is 8.00. The van der Waals surface area contributed by atoms with Crippen molar-refractivity contribution < 1.29 is 19.1 Å². The molecule has 0 spiro atoms. The first-order valence-corrected chi connectivity index (χ1v) is 17.8. The van der Waals surface area contributed by atoms with Gasteiger partial charge in [0.2, 0.25) is 5.91 Å². The van der Waals surface area contributed by atoms with E-state index in [0.717, 1.165) is 32.7 Å². The van der Waals surface area contributed by atoms with E-state index in [1.54, 1.807) is 54.7 Å². The molecule has 53 heavy (non-hydrogen) atoms. The van der Waals surface area contributed by atoms with Crippen LogP contribution >= 0.6 is 11.8 Å². The normalized spacial score (nSPS) is 11.7. The number of nitrogens with one attached hydrogen (secondary N) is 4. The molecular weight excluding hydrogens is 681 g/mol. The standard InChI is InChI=1S/C44H34N4O4S/c49-42(31-15-6-2-7-16-31)48-40(27-32-29-45-39-22-11-10-21-38(32)39)43(50)47-34-17-12-20-37(28-34)53-41(30-13-4-1-5-14-30)44(51)46-33-23-25-36(26-24-33)52-35-18-8-3-9-19-35/h1-29,41,45H,(H,46,51)(H,47,50)(H,48,49)/b40-27-. The summed E-state index contributed by atoms with van der Waals surface area (Å²) in [6.07, 6.45) is 3.45. The summed E-state index contributed by atoms with van der Waals surface area (Å²) >= 11 is 1.36. The van der Waals surface area contributed by atoms with Gasteiger partial charge in [0.05, 0.1) is 0 Å². The van der Waals surface area contributed by atoms with Crippen molar-refractivity contribution in [3.63, 3.8) is 0 Å². The van der Waals surface area contributed by atoms with Gasteiger partial charge in [-0.05, 0) is 84.4 Å². The van der Waals surface area contributed by atoms with Crippen LogP contribution in [0.15, 0.2) is 181 Å². The SMILES string of the molecule is O=C(Nc1cccc(SC(C(=O)Nc2ccc(Oc3ccccc3)cc2)c2ccccc2)c1)/C(=C/c1c[nH]c2ccccc12)NC(=O)c1ccccc1. The minimum absolute atomic E-state index is 0.0726. The average Bonchev–Trinajstić information content (AvgIpc) is 3.61. The molecule has 260 valence electrons. The molecule has 6 aromatic carbocycles. The number of carbonyl (C=O) groups is 3. The number of thioether (sulfide) groups is 1. The van der Waals surface area contributed by atoms with E-state index >= 15 is 0 Å². The van der Waals surface area contributed by atoms with Crippen LogP contribution in [0.25, 0.3) is 17.0 Å². The fourth-order valence-electron chi connectivity index (χ4n) is 5.63. The summed E-state index contributed by atoms with van der Waals surface area (Å²) < 4.78 is 5.90. The minimum Gasteiger partial charge on any atom is -0.457 e. The van der Waals surface area contributed by atoms with E-state index in [9.17, 15) is 14.4 Å². The van der Waals surface area contributed by atoms with Crippen molar-refractivity contribution in [2.45, 2.75) is 10.1 Å². The molecule has 1 aromatic heterocycles. The summed E-state index contributed by atoms with van der Waals surface area (Å²) in [6, 6.07) is 50.0. The second kappa shape index (κ2) is 16.5. The number of para-hydroxylation sites is 2. The van der Waals surface area contributed by atoms with E-state index in [4.69, 9.17) is 4.74 Å². The molecule has 8 nitrogen and oxygen atoms in total. The van der Waals surface area contributed by atoms with Gasteiger partial charge in [-0.15, -0.1) is 11.8 Å². The average molecular weight is 715 g/mol. The molecule has 0 aliphatic carbocycles. The first-order valence-electron chi connectivity index (χ1n) is 16.9. The third kappa shape index (κ3) is 8.91. The zero-order valence-corrected chi connectivity index (χ0v) is 29.2. The number of aromatic amines is 1. The van der Waals surface area contributed by atoms with Crippen molar-refractivity contribution >= 4 is 57.8 Å². The molecule has 0 saturated heterocycles. The zero-order chi connectivity index (χ0) is 36.4. The van der Waals surface area contributed by atoms with Crippen molar-refractivity contribution in [1.82, 2.24) is 10.3 Å². The lowest BCUT2D eigenvalue weighted by Crippen LogP contribution is -2.30. The van der Waals surface area contributed by atoms with Crippen LogP contribution in [0.2, 0.25) is 0 Å². The number of carbonyl (C=O) groups excluding carboxylic acids is 3. The number of ether oxygens (including phenoxy) is 1. The molecule has 0 saturated carbocycles. The van der Waals surface area contributed by atoms with Crippen molar-refractivity contribution in [3.8, 4) is 11.5 Å². The molecule has 9 heteroatoms. The molecule has 0 fully saturated rings. The maximum atomic E-state index is 13.9. The number of amides is 3. The van der Waals surface area contributed by atoms with Gasteiger partial charge in [-0.2, -0.15) is 0 Å². The van der Waals surface area contributed by atoms with Crippen LogP contribution in [0, 0.1) is 0 Å². The van der Waals surface area contributed by atoms with Crippen LogP contribution < -0.4 is 20.7 Å². The maximum Gasteiger partial charge on any atom is 0.272 e. The fraction of sp³-hybridized carbons (Fsp3) is 0.0227. The predicted octanol–water partition coefficient (Wildman–Crippen LogP) is 9.84. The lowest BCUT2D eigenvalue weighted by Gasteiger charge is -2.18. The van der Waals surface area contributed by atoms with E-state index in [1.165, 1.54) is 11.8 Å². The molecular formula is C44H34N4O4S. The molecule has 0 aliphatic heterocycles. The topological polar surface area (TPSA) is 112 Å². The Bertz CT molecular complexity index is 2380. The Morgan fingerprint density at radius 3 is 2.06 bits per heavy atom. The lowest BCUT2D eigenvalue weighted by atomic mass is 10.1. The number of rotatable bonds is 12. The van der Waals surface area contributed by atoms with Crippen LogP contribution in [-0.4, -0.2) is 22.7 Å². The quantitative estimate of drug-likeness (QED) is 0.0744. The van der Waals surface area contributed by atoms with Crippen LogP contribution in [0.4, 0.5) is 11.4 Å². The maximum absolute atomic E-state index is 13.9. The van der Waals surface area contributed by atoms with Gasteiger partial charge >= 0.3 is 0 Å². The van der Waals surface area contributed by atoms with Crippen LogP contribution in [-0.2, 0) is 9.59 Å². The number of anilines is 2. The second-order valence-electron chi connectivity index (χ2n) is 12.0. The molecule has 1 unspecified atom stereocenters. The number of aromatic nitrogens is 1. The first-order chi connectivity index (χ1) is 26.0. The Labute approximate surface area is 310 Å². The highest BCUT2D eigenvalue weighted by atomic mass is 32.2. The van der Waals surface area contributed by atoms with Gasteiger partial charge in [-0.1, -0.05) is 91.0 Å². The molecule has 7 aromatic rings. The summed E-state index contributed by atoms with van der Waals surface area (Å²) in [7, 11) is 0. The van der Waals surface area contributed by atoms with Gasteiger partial charge in [0.25, 0.3) is 11.8 Å². The molecule has 7 rings (SSSR count). The van der Waals surface area contributed by atoms with Crippen molar-refractivity contribution in [1.29, 1.82) is 0 Å². The summed E-state index contributed by atoms with van der Waals surface area (Å²) in [6.45, 7) is 0. The third-order valence-corrected chi connectivity index (χ3v) is 9.48. The molecule has 0 aliphatic rings. The number of fused-ring (bicyclic) bond motifs is 1. The molecule has 1 heterocycles. The highest BCUT2D eigenvalue weighted by Gasteiger charge is 2.23. The van der Waals surface area contributed by atoms with Gasteiger partial charge in [0, 0.05) is 44.5 Å². The Balaban J connectivity index is 1.09. The fourth-order valence-corrected chi connectivity index (χ4v) is 6.72. The summed E-state index contributed by atoms with van der Waals surface area (Å²) in [5.41, 5.74) is 4.10. The first kappa shape index (κ1) is 34.6. The second-order valence-corrected chi connectivity index (χ2v) is 13.2. The van der Waals surface area contributed by atoms with Gasteiger partial charge < -0.3 is 25.7 Å². The minimum atomic E-state index is -0.607. The molecule has 1 atom stereocenters. The summed E-state index contributed by atoms with van der Waals surface area (Å²) in [5.74, 6) is 0.257.